The normalized spacial score (nSPS) is 10.6. The van der Waals surface area contributed by atoms with E-state index >= 15 is 0 Å². The Morgan fingerprint density at radius 3 is 2.79 bits per heavy atom. The maximum Gasteiger partial charge on any atom is 0.257 e. The SMILES string of the molecule is Cc1ccc(Cc2cnc(NC(=O)c3cccc(F)c3)s2)cc1F. The zero-order chi connectivity index (χ0) is 17.1. The monoisotopic (exact) mass is 344 g/mol. The van der Waals surface area contributed by atoms with Gasteiger partial charge in [0.05, 0.1) is 0 Å². The van der Waals surface area contributed by atoms with Crippen LogP contribution < -0.4 is 5.32 Å². The molecule has 0 unspecified atom stereocenters. The first-order valence-electron chi connectivity index (χ1n) is 7.28. The van der Waals surface area contributed by atoms with Crippen molar-refractivity contribution in [3.8, 4) is 0 Å². The van der Waals surface area contributed by atoms with Gasteiger partial charge in [-0.1, -0.05) is 18.2 Å². The van der Waals surface area contributed by atoms with Crippen molar-refractivity contribution < 1.29 is 13.6 Å². The summed E-state index contributed by atoms with van der Waals surface area (Å²) in [5.41, 5.74) is 1.67. The molecule has 0 spiro atoms. The number of amides is 1. The molecule has 0 bridgehead atoms. The predicted octanol–water partition coefficient (Wildman–Crippen LogP) is 4.57. The van der Waals surface area contributed by atoms with Crippen molar-refractivity contribution in [3.63, 3.8) is 0 Å². The Labute approximate surface area is 142 Å². The van der Waals surface area contributed by atoms with Gasteiger partial charge in [0.15, 0.2) is 5.13 Å². The smallest absolute Gasteiger partial charge is 0.257 e. The number of nitrogens with zero attached hydrogens (tertiary/aromatic N) is 1. The Kier molecular flexibility index (Phi) is 4.66. The van der Waals surface area contributed by atoms with Crippen molar-refractivity contribution in [2.75, 3.05) is 5.32 Å². The average Bonchev–Trinajstić information content (AvgIpc) is 2.98. The number of nitrogens with one attached hydrogen (secondary N) is 1. The molecule has 6 heteroatoms. The van der Waals surface area contributed by atoms with Gasteiger partial charge in [-0.25, -0.2) is 13.8 Å². The van der Waals surface area contributed by atoms with Gasteiger partial charge < -0.3 is 0 Å². The van der Waals surface area contributed by atoms with E-state index in [-0.39, 0.29) is 11.4 Å². The number of hydrogen-bond acceptors (Lipinski definition) is 3. The number of anilines is 1. The van der Waals surface area contributed by atoms with E-state index in [0.717, 1.165) is 10.4 Å². The zero-order valence-electron chi connectivity index (χ0n) is 12.8. The van der Waals surface area contributed by atoms with Crippen molar-refractivity contribution in [1.82, 2.24) is 4.98 Å². The fraction of sp³-hybridized carbons (Fsp3) is 0.111. The lowest BCUT2D eigenvalue weighted by atomic mass is 10.1. The van der Waals surface area contributed by atoms with Crippen LogP contribution in [0.5, 0.6) is 0 Å². The summed E-state index contributed by atoms with van der Waals surface area (Å²) < 4.78 is 26.7. The lowest BCUT2D eigenvalue weighted by Crippen LogP contribution is -2.11. The molecule has 0 saturated heterocycles. The second-order valence-corrected chi connectivity index (χ2v) is 6.47. The molecular formula is C18H14F2N2OS. The molecule has 0 aliphatic heterocycles. The van der Waals surface area contributed by atoms with E-state index in [0.29, 0.717) is 17.1 Å². The molecule has 1 amide bonds. The molecule has 1 N–H and O–H groups in total. The fourth-order valence-corrected chi connectivity index (χ4v) is 3.04. The first-order valence-corrected chi connectivity index (χ1v) is 8.09. The van der Waals surface area contributed by atoms with E-state index in [1.807, 2.05) is 6.07 Å². The third kappa shape index (κ3) is 3.83. The molecule has 2 aromatic carbocycles. The molecule has 0 aliphatic rings. The van der Waals surface area contributed by atoms with Crippen LogP contribution >= 0.6 is 11.3 Å². The topological polar surface area (TPSA) is 42.0 Å². The van der Waals surface area contributed by atoms with Crippen LogP contribution in [0.25, 0.3) is 0 Å². The van der Waals surface area contributed by atoms with Crippen molar-refractivity contribution in [3.05, 3.63) is 81.9 Å². The van der Waals surface area contributed by atoms with E-state index in [2.05, 4.69) is 10.3 Å². The number of aromatic nitrogens is 1. The number of aryl methyl sites for hydroxylation is 1. The third-order valence-corrected chi connectivity index (χ3v) is 4.39. The Hall–Kier alpha value is -2.60. The number of halogens is 2. The van der Waals surface area contributed by atoms with Crippen LogP contribution in [0.1, 0.15) is 26.4 Å². The summed E-state index contributed by atoms with van der Waals surface area (Å²) in [5, 5.41) is 3.06. The van der Waals surface area contributed by atoms with Crippen LogP contribution in [-0.2, 0) is 6.42 Å². The largest absolute Gasteiger partial charge is 0.298 e. The molecule has 0 saturated carbocycles. The summed E-state index contributed by atoms with van der Waals surface area (Å²) in [6, 6.07) is 10.5. The van der Waals surface area contributed by atoms with Gasteiger partial charge in [0.1, 0.15) is 11.6 Å². The van der Waals surface area contributed by atoms with Gasteiger partial charge in [-0.05, 0) is 42.3 Å². The minimum Gasteiger partial charge on any atom is -0.298 e. The van der Waals surface area contributed by atoms with Gasteiger partial charge in [-0.15, -0.1) is 11.3 Å². The quantitative estimate of drug-likeness (QED) is 0.753. The van der Waals surface area contributed by atoms with Gasteiger partial charge in [-0.2, -0.15) is 0 Å². The highest BCUT2D eigenvalue weighted by atomic mass is 32.1. The van der Waals surface area contributed by atoms with Crippen LogP contribution in [0.15, 0.2) is 48.7 Å². The van der Waals surface area contributed by atoms with E-state index < -0.39 is 11.7 Å². The van der Waals surface area contributed by atoms with Crippen LogP contribution in [0.3, 0.4) is 0 Å². The molecule has 3 nitrogen and oxygen atoms in total. The molecule has 1 heterocycles. The molecule has 0 aliphatic carbocycles. The molecular weight excluding hydrogens is 330 g/mol. The first kappa shape index (κ1) is 16.3. The fourth-order valence-electron chi connectivity index (χ4n) is 2.19. The second kappa shape index (κ2) is 6.88. The number of benzene rings is 2. The summed E-state index contributed by atoms with van der Waals surface area (Å²) in [5.74, 6) is -1.13. The van der Waals surface area contributed by atoms with Crippen LogP contribution in [0, 0.1) is 18.6 Å². The summed E-state index contributed by atoms with van der Waals surface area (Å²) in [6.45, 7) is 1.71. The van der Waals surface area contributed by atoms with E-state index in [1.165, 1.54) is 41.7 Å². The van der Waals surface area contributed by atoms with Crippen molar-refractivity contribution in [2.45, 2.75) is 13.3 Å². The Morgan fingerprint density at radius 1 is 1.21 bits per heavy atom. The summed E-state index contributed by atoms with van der Waals surface area (Å²) >= 11 is 1.31. The van der Waals surface area contributed by atoms with E-state index in [9.17, 15) is 13.6 Å². The van der Waals surface area contributed by atoms with Crippen LogP contribution in [0.4, 0.5) is 13.9 Å². The number of rotatable bonds is 4. The molecule has 3 aromatic rings. The Morgan fingerprint density at radius 2 is 2.04 bits per heavy atom. The first-order chi connectivity index (χ1) is 11.5. The van der Waals surface area contributed by atoms with E-state index in [1.54, 1.807) is 19.2 Å². The van der Waals surface area contributed by atoms with Gasteiger partial charge in [0.2, 0.25) is 0 Å². The number of carbonyl (C=O) groups is 1. The third-order valence-electron chi connectivity index (χ3n) is 3.48. The van der Waals surface area contributed by atoms with E-state index in [4.69, 9.17) is 0 Å². The highest BCUT2D eigenvalue weighted by Crippen LogP contribution is 2.22. The predicted molar refractivity (Wildman–Crippen MR) is 90.4 cm³/mol. The number of carbonyl (C=O) groups excluding carboxylic acids is 1. The van der Waals surface area contributed by atoms with Crippen molar-refractivity contribution in [1.29, 1.82) is 0 Å². The van der Waals surface area contributed by atoms with Crippen LogP contribution in [0.2, 0.25) is 0 Å². The summed E-state index contributed by atoms with van der Waals surface area (Å²) in [7, 11) is 0. The Bertz CT molecular complexity index is 892. The number of hydrogen-bond donors (Lipinski definition) is 1. The van der Waals surface area contributed by atoms with Gasteiger partial charge in [-0.3, -0.25) is 10.1 Å². The maximum absolute atomic E-state index is 13.6. The van der Waals surface area contributed by atoms with Crippen molar-refractivity contribution >= 4 is 22.4 Å². The molecule has 0 fully saturated rings. The molecule has 24 heavy (non-hydrogen) atoms. The van der Waals surface area contributed by atoms with Gasteiger partial charge >= 0.3 is 0 Å². The average molecular weight is 344 g/mol. The lowest BCUT2D eigenvalue weighted by molar-refractivity contribution is 0.102. The summed E-state index contributed by atoms with van der Waals surface area (Å²) in [6.07, 6.45) is 2.17. The van der Waals surface area contributed by atoms with Crippen molar-refractivity contribution in [2.24, 2.45) is 0 Å². The molecule has 0 atom stereocenters. The van der Waals surface area contributed by atoms with Gasteiger partial charge in [0, 0.05) is 23.1 Å². The highest BCUT2D eigenvalue weighted by Gasteiger charge is 2.10. The molecule has 1 aromatic heterocycles. The van der Waals surface area contributed by atoms with Crippen LogP contribution in [-0.4, -0.2) is 10.9 Å². The lowest BCUT2D eigenvalue weighted by Gasteiger charge is -2.02. The standard InChI is InChI=1S/C18H14F2N2OS/c1-11-5-6-12(8-16(11)20)7-15-10-21-18(24-15)22-17(23)13-3-2-4-14(19)9-13/h2-6,8-10H,7H2,1H3,(H,21,22,23). The van der Waals surface area contributed by atoms with Gasteiger partial charge in [0.25, 0.3) is 5.91 Å². The minimum atomic E-state index is -0.469. The maximum atomic E-state index is 13.6. The summed E-state index contributed by atoms with van der Waals surface area (Å²) in [4.78, 5) is 17.1. The highest BCUT2D eigenvalue weighted by molar-refractivity contribution is 7.15. The molecule has 3 rings (SSSR count). The minimum absolute atomic E-state index is 0.229. The molecule has 122 valence electrons. The molecule has 0 radical (unpaired) electrons. The Balaban J connectivity index is 1.69. The zero-order valence-corrected chi connectivity index (χ0v) is 13.7. The second-order valence-electron chi connectivity index (χ2n) is 5.36. The number of thiazole rings is 1.